The van der Waals surface area contributed by atoms with Crippen LogP contribution in [0.15, 0.2) is 12.1 Å². The van der Waals surface area contributed by atoms with Gasteiger partial charge < -0.3 is 9.80 Å². The Morgan fingerprint density at radius 1 is 1.25 bits per heavy atom. The lowest BCUT2D eigenvalue weighted by Crippen LogP contribution is -2.38. The molecule has 0 radical (unpaired) electrons. The van der Waals surface area contributed by atoms with Crippen molar-refractivity contribution in [3.63, 3.8) is 0 Å². The first-order valence-electron chi connectivity index (χ1n) is 6.57. The molecule has 0 atom stereocenters. The highest BCUT2D eigenvalue weighted by atomic mass is 127. The molecular weight excluding hydrogens is 391 g/mol. The average molecular weight is 407 g/mol. The summed E-state index contributed by atoms with van der Waals surface area (Å²) in [7, 11) is 0. The van der Waals surface area contributed by atoms with Crippen LogP contribution in [-0.4, -0.2) is 42.8 Å². The minimum Gasteiger partial charge on any atom is -0.303 e. The zero-order valence-corrected chi connectivity index (χ0v) is 14.4. The van der Waals surface area contributed by atoms with Crippen molar-refractivity contribution in [1.82, 2.24) is 4.90 Å². The number of anilines is 1. The molecule has 0 aromatic heterocycles. The first-order chi connectivity index (χ1) is 9.49. The van der Waals surface area contributed by atoms with E-state index < -0.39 is 11.7 Å². The van der Waals surface area contributed by atoms with E-state index in [9.17, 15) is 9.59 Å². The molecule has 1 heterocycles. The summed E-state index contributed by atoms with van der Waals surface area (Å²) in [5, 5.41) is 0.545. The maximum Gasteiger partial charge on any atom is 0.299 e. The lowest BCUT2D eigenvalue weighted by atomic mass is 10.1. The van der Waals surface area contributed by atoms with Crippen molar-refractivity contribution in [1.29, 1.82) is 0 Å². The Morgan fingerprint density at radius 3 is 2.50 bits per heavy atom. The number of carbonyl (C=O) groups is 2. The largest absolute Gasteiger partial charge is 0.303 e. The second-order valence-corrected chi connectivity index (χ2v) is 6.19. The highest BCUT2D eigenvalue weighted by Gasteiger charge is 2.37. The van der Waals surface area contributed by atoms with Crippen LogP contribution in [0.3, 0.4) is 0 Å². The Bertz CT molecular complexity index is 558. The Hall–Kier alpha value is -0.660. The van der Waals surface area contributed by atoms with E-state index in [1.807, 2.05) is 22.6 Å². The number of rotatable bonds is 5. The molecule has 108 valence electrons. The molecule has 0 N–H and O–H groups in total. The van der Waals surface area contributed by atoms with E-state index in [1.54, 1.807) is 17.0 Å². The second kappa shape index (κ2) is 6.41. The van der Waals surface area contributed by atoms with Crippen molar-refractivity contribution >= 4 is 51.6 Å². The van der Waals surface area contributed by atoms with E-state index in [0.29, 0.717) is 22.8 Å². The minimum atomic E-state index is -0.452. The van der Waals surface area contributed by atoms with E-state index >= 15 is 0 Å². The number of carbonyl (C=O) groups excluding carboxylic acids is 2. The van der Waals surface area contributed by atoms with Gasteiger partial charge in [-0.1, -0.05) is 25.4 Å². The van der Waals surface area contributed by atoms with E-state index in [4.69, 9.17) is 11.6 Å². The first-order valence-corrected chi connectivity index (χ1v) is 8.02. The zero-order valence-electron chi connectivity index (χ0n) is 11.4. The monoisotopic (exact) mass is 406 g/mol. The van der Waals surface area contributed by atoms with Gasteiger partial charge in [0.2, 0.25) is 0 Å². The molecule has 0 aliphatic carbocycles. The lowest BCUT2D eigenvalue weighted by Gasteiger charge is -2.23. The van der Waals surface area contributed by atoms with Crippen LogP contribution in [-0.2, 0) is 4.79 Å². The number of halogens is 2. The summed E-state index contributed by atoms with van der Waals surface area (Å²) >= 11 is 8.09. The SMILES string of the molecule is CCN(CC)CCN1C(=O)C(=O)c2c(I)cc(Cl)cc21. The van der Waals surface area contributed by atoms with E-state index in [2.05, 4.69) is 18.7 Å². The average Bonchev–Trinajstić information content (AvgIpc) is 2.64. The van der Waals surface area contributed by atoms with Crippen LogP contribution in [0.25, 0.3) is 0 Å². The highest BCUT2D eigenvalue weighted by molar-refractivity contribution is 14.1. The van der Waals surface area contributed by atoms with Crippen molar-refractivity contribution in [3.05, 3.63) is 26.3 Å². The van der Waals surface area contributed by atoms with Crippen molar-refractivity contribution in [3.8, 4) is 0 Å². The molecule has 1 aliphatic heterocycles. The van der Waals surface area contributed by atoms with Gasteiger partial charge in [0.15, 0.2) is 0 Å². The third-order valence-corrected chi connectivity index (χ3v) is 4.59. The quantitative estimate of drug-likeness (QED) is 0.558. The molecule has 0 fully saturated rings. The smallest absolute Gasteiger partial charge is 0.299 e. The van der Waals surface area contributed by atoms with Crippen LogP contribution in [0, 0.1) is 3.57 Å². The van der Waals surface area contributed by atoms with Crippen LogP contribution in [0.5, 0.6) is 0 Å². The molecule has 6 heteroatoms. The summed E-state index contributed by atoms with van der Waals surface area (Å²) < 4.78 is 0.730. The van der Waals surface area contributed by atoms with Crippen LogP contribution >= 0.6 is 34.2 Å². The van der Waals surface area contributed by atoms with Gasteiger partial charge in [-0.05, 0) is 47.8 Å². The molecule has 0 unspecified atom stereocenters. The maximum atomic E-state index is 12.1. The van der Waals surface area contributed by atoms with Crippen molar-refractivity contribution < 1.29 is 9.59 Å². The highest BCUT2D eigenvalue weighted by Crippen LogP contribution is 2.35. The van der Waals surface area contributed by atoms with Gasteiger partial charge in [-0.3, -0.25) is 9.59 Å². The van der Waals surface area contributed by atoms with Crippen molar-refractivity contribution in [2.45, 2.75) is 13.8 Å². The molecule has 0 bridgehead atoms. The minimum absolute atomic E-state index is 0.430. The number of amides is 1. The Kier molecular flexibility index (Phi) is 5.04. The summed E-state index contributed by atoms with van der Waals surface area (Å²) in [4.78, 5) is 28.0. The molecule has 0 saturated heterocycles. The summed E-state index contributed by atoms with van der Waals surface area (Å²) in [6, 6.07) is 3.41. The van der Waals surface area contributed by atoms with E-state index in [1.165, 1.54) is 0 Å². The van der Waals surface area contributed by atoms with Gasteiger partial charge in [0, 0.05) is 21.7 Å². The van der Waals surface area contributed by atoms with Crippen LogP contribution in [0.1, 0.15) is 24.2 Å². The van der Waals surface area contributed by atoms with Crippen LogP contribution < -0.4 is 4.90 Å². The molecule has 1 aromatic carbocycles. The number of nitrogens with zero attached hydrogens (tertiary/aromatic N) is 2. The van der Waals surface area contributed by atoms with Gasteiger partial charge in [-0.25, -0.2) is 0 Å². The van der Waals surface area contributed by atoms with Gasteiger partial charge in [0.1, 0.15) is 0 Å². The summed E-state index contributed by atoms with van der Waals surface area (Å²) in [6.45, 7) is 7.26. The molecule has 2 rings (SSSR count). The molecular formula is C14H16ClIN2O2. The standard InChI is InChI=1S/C14H16ClIN2O2/c1-3-17(4-2)5-6-18-11-8-9(15)7-10(16)12(11)13(19)14(18)20/h7-8H,3-6H2,1-2H3. The topological polar surface area (TPSA) is 40.6 Å². The second-order valence-electron chi connectivity index (χ2n) is 4.59. The predicted molar refractivity (Wildman–Crippen MR) is 88.6 cm³/mol. The number of Topliss-reactive ketones (excluding diaryl/α,β-unsaturated/α-hetero) is 1. The number of hydrogen-bond acceptors (Lipinski definition) is 3. The summed E-state index contributed by atoms with van der Waals surface area (Å²) in [5.41, 5.74) is 1.13. The fourth-order valence-corrected chi connectivity index (χ4v) is 3.59. The predicted octanol–water partition coefficient (Wildman–Crippen LogP) is 2.82. The molecule has 1 aliphatic rings. The molecule has 4 nitrogen and oxygen atoms in total. The molecule has 1 amide bonds. The van der Waals surface area contributed by atoms with Gasteiger partial charge in [0.25, 0.3) is 11.7 Å². The zero-order chi connectivity index (χ0) is 14.9. The summed E-state index contributed by atoms with van der Waals surface area (Å²) in [5.74, 6) is -0.882. The maximum absolute atomic E-state index is 12.1. The van der Waals surface area contributed by atoms with E-state index in [-0.39, 0.29) is 0 Å². The molecule has 0 saturated carbocycles. The fourth-order valence-electron chi connectivity index (χ4n) is 2.34. The lowest BCUT2D eigenvalue weighted by molar-refractivity contribution is -0.114. The van der Waals surface area contributed by atoms with Gasteiger partial charge in [-0.2, -0.15) is 0 Å². The van der Waals surface area contributed by atoms with Gasteiger partial charge in [-0.15, -0.1) is 0 Å². The third kappa shape index (κ3) is 2.84. The normalized spacial score (nSPS) is 14.3. The summed E-state index contributed by atoms with van der Waals surface area (Å²) in [6.07, 6.45) is 0. The third-order valence-electron chi connectivity index (χ3n) is 3.53. The molecule has 0 spiro atoms. The number of fused-ring (bicyclic) bond motifs is 1. The van der Waals surface area contributed by atoms with Crippen molar-refractivity contribution in [2.24, 2.45) is 0 Å². The molecule has 1 aromatic rings. The van der Waals surface area contributed by atoms with Crippen LogP contribution in [0.2, 0.25) is 5.02 Å². The first kappa shape index (κ1) is 15.7. The van der Waals surface area contributed by atoms with Gasteiger partial charge in [0.05, 0.1) is 11.3 Å². The number of ketones is 1. The van der Waals surface area contributed by atoms with Crippen molar-refractivity contribution in [2.75, 3.05) is 31.1 Å². The molecule has 20 heavy (non-hydrogen) atoms. The number of benzene rings is 1. The fraction of sp³-hybridized carbons (Fsp3) is 0.429. The van der Waals surface area contributed by atoms with E-state index in [0.717, 1.165) is 23.2 Å². The van der Waals surface area contributed by atoms with Crippen LogP contribution in [0.4, 0.5) is 5.69 Å². The Morgan fingerprint density at radius 2 is 1.90 bits per heavy atom. The number of hydrogen-bond donors (Lipinski definition) is 0. The van der Waals surface area contributed by atoms with Gasteiger partial charge >= 0.3 is 0 Å². The number of likely N-dealkylation sites (N-methyl/N-ethyl adjacent to an activating group) is 1. The Labute approximate surface area is 137 Å². The Balaban J connectivity index is 2.29.